The fourth-order valence-corrected chi connectivity index (χ4v) is 1.47. The molecule has 0 spiro atoms. The van der Waals surface area contributed by atoms with Crippen LogP contribution < -0.4 is 29.6 Å². The first-order valence-corrected chi connectivity index (χ1v) is 5.27. The van der Waals surface area contributed by atoms with Crippen molar-refractivity contribution in [3.8, 4) is 0 Å². The number of hydrogen-bond donors (Lipinski definition) is 1. The summed E-state index contributed by atoms with van der Waals surface area (Å²) in [5.74, 6) is -1.15. The molecule has 1 rings (SSSR count). The van der Waals surface area contributed by atoms with Crippen molar-refractivity contribution in [2.75, 3.05) is 0 Å². The van der Waals surface area contributed by atoms with E-state index < -0.39 is 16.1 Å². The largest absolute Gasteiger partial charge is 1.00 e. The summed E-state index contributed by atoms with van der Waals surface area (Å²) in [5, 5.41) is 8.34. The van der Waals surface area contributed by atoms with Crippen LogP contribution in [0.5, 0.6) is 0 Å². The maximum Gasteiger partial charge on any atom is 1.00 e. The van der Waals surface area contributed by atoms with Crippen LogP contribution in [0.15, 0.2) is 35.2 Å². The summed E-state index contributed by atoms with van der Waals surface area (Å²) in [6, 6.07) is 5.13. The third kappa shape index (κ3) is 4.91. The van der Waals surface area contributed by atoms with E-state index in [2.05, 4.69) is 0 Å². The van der Waals surface area contributed by atoms with E-state index in [9.17, 15) is 17.8 Å². The molecule has 80 valence electrons. The molecular weight excluding hydrogens is 243 g/mol. The van der Waals surface area contributed by atoms with Gasteiger partial charge in [-0.3, -0.25) is 0 Å². The predicted molar refractivity (Wildman–Crippen MR) is 51.1 cm³/mol. The van der Waals surface area contributed by atoms with E-state index in [4.69, 9.17) is 5.11 Å². The zero-order valence-electron chi connectivity index (χ0n) is 8.45. The summed E-state index contributed by atoms with van der Waals surface area (Å²) in [6.07, 6.45) is 2.06. The number of carboxylic acid groups (broad SMARTS) is 1. The summed E-state index contributed by atoms with van der Waals surface area (Å²) >= 11 is 0. The van der Waals surface area contributed by atoms with E-state index in [1.54, 1.807) is 0 Å². The Bertz CT molecular complexity index is 506. The summed E-state index contributed by atoms with van der Waals surface area (Å²) < 4.78 is 31.9. The van der Waals surface area contributed by atoms with Crippen molar-refractivity contribution >= 4 is 22.2 Å². The van der Waals surface area contributed by atoms with Crippen molar-refractivity contribution in [2.45, 2.75) is 4.90 Å². The summed E-state index contributed by atoms with van der Waals surface area (Å²) in [5.41, 5.74) is 0.342. The first kappa shape index (κ1) is 15.3. The van der Waals surface area contributed by atoms with Crippen molar-refractivity contribution in [3.05, 3.63) is 35.9 Å². The fraction of sp³-hybridized carbons (Fsp3) is 0. The van der Waals surface area contributed by atoms with Crippen LogP contribution in [0.3, 0.4) is 0 Å². The number of rotatable bonds is 3. The molecule has 0 bridgehead atoms. The van der Waals surface area contributed by atoms with Gasteiger partial charge >= 0.3 is 35.5 Å². The molecule has 0 amide bonds. The van der Waals surface area contributed by atoms with Gasteiger partial charge in [-0.25, -0.2) is 13.2 Å². The van der Waals surface area contributed by atoms with Gasteiger partial charge in [-0.15, -0.1) is 0 Å². The van der Waals surface area contributed by atoms with E-state index in [1.807, 2.05) is 0 Å². The summed E-state index contributed by atoms with van der Waals surface area (Å²) in [6.45, 7) is 0. The van der Waals surface area contributed by atoms with Gasteiger partial charge in [0.2, 0.25) is 0 Å². The third-order valence-corrected chi connectivity index (χ3v) is 2.40. The van der Waals surface area contributed by atoms with Gasteiger partial charge in [0.1, 0.15) is 10.1 Å². The Balaban J connectivity index is 0.00000225. The van der Waals surface area contributed by atoms with E-state index in [1.165, 1.54) is 18.2 Å². The summed E-state index contributed by atoms with van der Waals surface area (Å²) in [7, 11) is -4.50. The quantitative estimate of drug-likeness (QED) is 0.369. The standard InChI is InChI=1S/C9H8O5S.Na/c10-9(11)5-4-7-2-1-3-8(6-7)15(12,13)14;/h1-6H,(H,10,11)(H,12,13,14);/q;+1/p-1/b5-4+;. The molecule has 0 saturated carbocycles. The zero-order chi connectivity index (χ0) is 11.5. The Kier molecular flexibility index (Phi) is 5.91. The zero-order valence-corrected chi connectivity index (χ0v) is 11.3. The topological polar surface area (TPSA) is 94.5 Å². The normalized spacial score (nSPS) is 11.1. The van der Waals surface area contributed by atoms with Crippen LogP contribution in [0, 0.1) is 0 Å². The molecule has 0 atom stereocenters. The molecule has 1 aromatic carbocycles. The molecule has 16 heavy (non-hydrogen) atoms. The van der Waals surface area contributed by atoms with Crippen molar-refractivity contribution in [2.24, 2.45) is 0 Å². The van der Waals surface area contributed by atoms with Crippen LogP contribution in [0.1, 0.15) is 5.56 Å². The van der Waals surface area contributed by atoms with E-state index in [0.717, 1.165) is 18.2 Å². The number of hydrogen-bond acceptors (Lipinski definition) is 4. The smallest absolute Gasteiger partial charge is 0.744 e. The maximum absolute atomic E-state index is 10.6. The predicted octanol–water partition coefficient (Wildman–Crippen LogP) is -2.31. The van der Waals surface area contributed by atoms with Crippen molar-refractivity contribution < 1.29 is 52.4 Å². The van der Waals surface area contributed by atoms with Crippen LogP contribution in [-0.4, -0.2) is 24.0 Å². The van der Waals surface area contributed by atoms with Gasteiger partial charge in [0, 0.05) is 6.08 Å². The van der Waals surface area contributed by atoms with Crippen molar-refractivity contribution in [1.82, 2.24) is 0 Å². The molecule has 0 aliphatic heterocycles. The Hall–Kier alpha value is -0.660. The second-order valence-corrected chi connectivity index (χ2v) is 4.08. The van der Waals surface area contributed by atoms with Gasteiger partial charge < -0.3 is 9.66 Å². The molecule has 0 radical (unpaired) electrons. The van der Waals surface area contributed by atoms with Crippen LogP contribution in [0.4, 0.5) is 0 Å². The van der Waals surface area contributed by atoms with Crippen LogP contribution in [0.25, 0.3) is 6.08 Å². The van der Waals surface area contributed by atoms with E-state index in [-0.39, 0.29) is 34.5 Å². The minimum Gasteiger partial charge on any atom is -0.744 e. The minimum atomic E-state index is -4.50. The van der Waals surface area contributed by atoms with Gasteiger partial charge in [-0.05, 0) is 23.8 Å². The molecule has 5 nitrogen and oxygen atoms in total. The number of aliphatic carboxylic acids is 1. The summed E-state index contributed by atoms with van der Waals surface area (Å²) in [4.78, 5) is 9.81. The molecule has 0 heterocycles. The maximum atomic E-state index is 10.6. The van der Waals surface area contributed by atoms with Gasteiger partial charge in [0.25, 0.3) is 0 Å². The van der Waals surface area contributed by atoms with Crippen molar-refractivity contribution in [1.29, 1.82) is 0 Å². The number of benzene rings is 1. The molecular formula is C9H7NaO5S. The average molecular weight is 250 g/mol. The van der Waals surface area contributed by atoms with Crippen LogP contribution >= 0.6 is 0 Å². The molecule has 1 aromatic rings. The Morgan fingerprint density at radius 1 is 1.38 bits per heavy atom. The Morgan fingerprint density at radius 2 is 2.00 bits per heavy atom. The van der Waals surface area contributed by atoms with Crippen LogP contribution in [0.2, 0.25) is 0 Å². The third-order valence-electron chi connectivity index (χ3n) is 1.57. The number of carboxylic acids is 1. The second-order valence-electron chi connectivity index (χ2n) is 2.70. The number of carbonyl (C=O) groups is 1. The Morgan fingerprint density at radius 3 is 2.50 bits per heavy atom. The SMILES string of the molecule is O=C(O)/C=C/c1cccc(S(=O)(=O)[O-])c1.[Na+]. The van der Waals surface area contributed by atoms with E-state index in [0.29, 0.717) is 5.56 Å². The second kappa shape index (κ2) is 6.17. The first-order valence-electron chi connectivity index (χ1n) is 3.86. The van der Waals surface area contributed by atoms with Gasteiger partial charge in [-0.2, -0.15) is 0 Å². The molecule has 0 aliphatic carbocycles. The molecule has 0 aromatic heterocycles. The molecule has 7 heteroatoms. The van der Waals surface area contributed by atoms with Gasteiger partial charge in [0.15, 0.2) is 0 Å². The molecule has 0 saturated heterocycles. The monoisotopic (exact) mass is 250 g/mol. The Labute approximate surface area is 115 Å². The van der Waals surface area contributed by atoms with Crippen molar-refractivity contribution in [3.63, 3.8) is 0 Å². The minimum absolute atomic E-state index is 0. The molecule has 0 aliphatic rings. The van der Waals surface area contributed by atoms with Gasteiger partial charge in [-0.1, -0.05) is 12.1 Å². The molecule has 0 unspecified atom stereocenters. The average Bonchev–Trinajstić information content (AvgIpc) is 2.14. The first-order chi connectivity index (χ1) is 6.89. The van der Waals surface area contributed by atoms with E-state index >= 15 is 0 Å². The van der Waals surface area contributed by atoms with Crippen LogP contribution in [-0.2, 0) is 14.9 Å². The molecule has 0 fully saturated rings. The van der Waals surface area contributed by atoms with Gasteiger partial charge in [0.05, 0.1) is 4.90 Å². The fourth-order valence-electron chi connectivity index (χ4n) is 0.941. The molecule has 1 N–H and O–H groups in total.